The largest absolute Gasteiger partial charge is 0.350 e. The number of nitrogens with zero attached hydrogens (tertiary/aromatic N) is 3. The fourth-order valence-electron chi connectivity index (χ4n) is 1.75. The van der Waals surface area contributed by atoms with Gasteiger partial charge in [0.15, 0.2) is 0 Å². The summed E-state index contributed by atoms with van der Waals surface area (Å²) in [7, 11) is 1.39. The van der Waals surface area contributed by atoms with Crippen LogP contribution in [0, 0.1) is 16.0 Å². The predicted octanol–water partition coefficient (Wildman–Crippen LogP) is 0.801. The summed E-state index contributed by atoms with van der Waals surface area (Å²) in [5, 5.41) is 10.7. The molecule has 0 saturated heterocycles. The van der Waals surface area contributed by atoms with E-state index >= 15 is 0 Å². The molecule has 0 aromatic carbocycles. The van der Waals surface area contributed by atoms with E-state index in [1.807, 2.05) is 6.92 Å². The molecule has 0 spiro atoms. The van der Waals surface area contributed by atoms with Crippen molar-refractivity contribution in [2.75, 3.05) is 5.75 Å². The van der Waals surface area contributed by atoms with E-state index < -0.39 is 21.9 Å². The predicted molar refractivity (Wildman–Crippen MR) is 74.8 cm³/mol. The molecule has 0 aliphatic carbocycles. The van der Waals surface area contributed by atoms with Gasteiger partial charge in [-0.2, -0.15) is 12.6 Å². The van der Waals surface area contributed by atoms with Gasteiger partial charge in [0.25, 0.3) is 0 Å². The number of thiol groups is 1. The fourth-order valence-corrected chi connectivity index (χ4v) is 2.19. The molecule has 0 radical (unpaired) electrons. The van der Waals surface area contributed by atoms with Gasteiger partial charge in [-0.3, -0.25) is 24.0 Å². The van der Waals surface area contributed by atoms with Crippen molar-refractivity contribution in [3.05, 3.63) is 37.1 Å². The molecule has 1 atom stereocenters. The zero-order chi connectivity index (χ0) is 14.6. The summed E-state index contributed by atoms with van der Waals surface area (Å²) in [5.74, 6) is 1.02. The number of hydrogen-bond acceptors (Lipinski definition) is 5. The lowest BCUT2D eigenvalue weighted by Crippen LogP contribution is -2.39. The third kappa shape index (κ3) is 3.69. The molecule has 0 aliphatic heterocycles. The fraction of sp³-hybridized carbons (Fsp3) is 0.636. The van der Waals surface area contributed by atoms with E-state index in [4.69, 9.17) is 0 Å². The molecule has 0 bridgehead atoms. The van der Waals surface area contributed by atoms with E-state index in [2.05, 4.69) is 12.6 Å². The Morgan fingerprint density at radius 3 is 2.58 bits per heavy atom. The topological polar surface area (TPSA) is 87.1 Å². The zero-order valence-corrected chi connectivity index (χ0v) is 11.8. The van der Waals surface area contributed by atoms with Crippen LogP contribution in [0.4, 0.5) is 5.69 Å². The third-order valence-corrected chi connectivity index (χ3v) is 3.24. The van der Waals surface area contributed by atoms with Crippen molar-refractivity contribution in [3.63, 3.8) is 0 Å². The molecule has 1 aromatic rings. The molecule has 0 fully saturated rings. The Morgan fingerprint density at radius 2 is 2.05 bits per heavy atom. The van der Waals surface area contributed by atoms with Gasteiger partial charge in [0.1, 0.15) is 0 Å². The number of aromatic nitrogens is 2. The highest BCUT2D eigenvalue weighted by Gasteiger charge is 2.18. The molecule has 1 aromatic heterocycles. The minimum Gasteiger partial charge on any atom is -0.297 e. The smallest absolute Gasteiger partial charge is 0.297 e. The Morgan fingerprint density at radius 1 is 1.42 bits per heavy atom. The maximum Gasteiger partial charge on any atom is 0.350 e. The van der Waals surface area contributed by atoms with E-state index in [1.54, 1.807) is 0 Å². The Hall–Kier alpha value is -1.57. The first kappa shape index (κ1) is 15.5. The Balaban J connectivity index is 3.10. The summed E-state index contributed by atoms with van der Waals surface area (Å²) in [6.07, 6.45) is 2.43. The monoisotopic (exact) mass is 287 g/mol. The standard InChI is InChI=1S/C11H17N3O4S/c1-8(4-6-19)3-5-13-10(15)9(14(17)18)7-12(2)11(13)16/h7-8,19H,3-6H2,1-2H3. The second-order valence-electron chi connectivity index (χ2n) is 4.53. The molecule has 8 heteroatoms. The van der Waals surface area contributed by atoms with Crippen LogP contribution in [0.3, 0.4) is 0 Å². The molecule has 1 unspecified atom stereocenters. The van der Waals surface area contributed by atoms with Gasteiger partial charge in [0.05, 0.1) is 11.1 Å². The Labute approximate surface area is 115 Å². The molecular formula is C11H17N3O4S. The lowest BCUT2D eigenvalue weighted by Gasteiger charge is -2.11. The second kappa shape index (κ2) is 6.55. The van der Waals surface area contributed by atoms with Gasteiger partial charge < -0.3 is 0 Å². The van der Waals surface area contributed by atoms with Crippen LogP contribution in [0.15, 0.2) is 15.8 Å². The maximum atomic E-state index is 11.8. The molecule has 0 aliphatic rings. The van der Waals surface area contributed by atoms with Crippen LogP contribution in [0.5, 0.6) is 0 Å². The van der Waals surface area contributed by atoms with E-state index in [-0.39, 0.29) is 6.54 Å². The van der Waals surface area contributed by atoms with Crippen LogP contribution < -0.4 is 11.2 Å². The molecule has 7 nitrogen and oxygen atoms in total. The van der Waals surface area contributed by atoms with E-state index in [1.165, 1.54) is 7.05 Å². The highest BCUT2D eigenvalue weighted by molar-refractivity contribution is 7.80. The average Bonchev–Trinajstić information content (AvgIpc) is 2.33. The van der Waals surface area contributed by atoms with E-state index in [9.17, 15) is 19.7 Å². The summed E-state index contributed by atoms with van der Waals surface area (Å²) in [6, 6.07) is 0. The van der Waals surface area contributed by atoms with Crippen molar-refractivity contribution < 1.29 is 4.92 Å². The van der Waals surface area contributed by atoms with Gasteiger partial charge in [-0.15, -0.1) is 0 Å². The lowest BCUT2D eigenvalue weighted by atomic mass is 10.1. The van der Waals surface area contributed by atoms with Crippen LogP contribution in [0.1, 0.15) is 19.8 Å². The summed E-state index contributed by atoms with van der Waals surface area (Å²) in [6.45, 7) is 2.17. The normalized spacial score (nSPS) is 12.4. The maximum absolute atomic E-state index is 11.8. The third-order valence-electron chi connectivity index (χ3n) is 2.98. The summed E-state index contributed by atoms with van der Waals surface area (Å²) < 4.78 is 1.98. The molecule has 1 heterocycles. The van der Waals surface area contributed by atoms with Gasteiger partial charge in [-0.25, -0.2) is 4.79 Å². The zero-order valence-electron chi connectivity index (χ0n) is 10.9. The van der Waals surface area contributed by atoms with Gasteiger partial charge in [0, 0.05) is 13.6 Å². The minimum absolute atomic E-state index is 0.183. The summed E-state index contributed by atoms with van der Waals surface area (Å²) in [5.41, 5.74) is -1.95. The molecule has 19 heavy (non-hydrogen) atoms. The Kier molecular flexibility index (Phi) is 5.34. The van der Waals surface area contributed by atoms with E-state index in [0.717, 1.165) is 27.5 Å². The minimum atomic E-state index is -0.842. The molecule has 1 rings (SSSR count). The molecule has 0 N–H and O–H groups in total. The van der Waals surface area contributed by atoms with Gasteiger partial charge in [0.2, 0.25) is 0 Å². The molecule has 106 valence electrons. The van der Waals surface area contributed by atoms with Gasteiger partial charge >= 0.3 is 16.9 Å². The first-order valence-electron chi connectivity index (χ1n) is 5.94. The number of rotatable bonds is 6. The van der Waals surface area contributed by atoms with Crippen molar-refractivity contribution in [2.24, 2.45) is 13.0 Å². The van der Waals surface area contributed by atoms with E-state index in [0.29, 0.717) is 12.3 Å². The molecule has 0 saturated carbocycles. The number of aryl methyl sites for hydroxylation is 1. The quantitative estimate of drug-likeness (QED) is 0.476. The van der Waals surface area contributed by atoms with Crippen LogP contribution in [-0.4, -0.2) is 19.8 Å². The number of nitro groups is 1. The Bertz CT molecular complexity index is 578. The van der Waals surface area contributed by atoms with Gasteiger partial charge in [-0.1, -0.05) is 6.92 Å². The molecule has 0 amide bonds. The summed E-state index contributed by atoms with van der Waals surface area (Å²) >= 11 is 4.12. The highest BCUT2D eigenvalue weighted by atomic mass is 32.1. The second-order valence-corrected chi connectivity index (χ2v) is 4.98. The highest BCUT2D eigenvalue weighted by Crippen LogP contribution is 2.09. The molecular weight excluding hydrogens is 270 g/mol. The first-order valence-corrected chi connectivity index (χ1v) is 6.57. The lowest BCUT2D eigenvalue weighted by molar-refractivity contribution is -0.387. The average molecular weight is 287 g/mol. The van der Waals surface area contributed by atoms with Crippen molar-refractivity contribution in [3.8, 4) is 0 Å². The SMILES string of the molecule is CC(CCS)CCn1c(=O)c([N+](=O)[O-])cn(C)c1=O. The van der Waals surface area contributed by atoms with Crippen molar-refractivity contribution in [1.29, 1.82) is 0 Å². The van der Waals surface area contributed by atoms with Crippen LogP contribution >= 0.6 is 12.6 Å². The van der Waals surface area contributed by atoms with Gasteiger partial charge in [-0.05, 0) is 24.5 Å². The van der Waals surface area contributed by atoms with Crippen LogP contribution in [-0.2, 0) is 13.6 Å². The van der Waals surface area contributed by atoms with Crippen molar-refractivity contribution in [1.82, 2.24) is 9.13 Å². The van der Waals surface area contributed by atoms with Crippen LogP contribution in [0.25, 0.3) is 0 Å². The first-order chi connectivity index (χ1) is 8.88. The number of hydrogen-bond donors (Lipinski definition) is 1. The summed E-state index contributed by atoms with van der Waals surface area (Å²) in [4.78, 5) is 33.6. The van der Waals surface area contributed by atoms with Crippen molar-refractivity contribution in [2.45, 2.75) is 26.3 Å². The van der Waals surface area contributed by atoms with Crippen LogP contribution in [0.2, 0.25) is 0 Å². The van der Waals surface area contributed by atoms with Crippen molar-refractivity contribution >= 4 is 18.3 Å².